The molecule has 1 saturated heterocycles. The van der Waals surface area contributed by atoms with E-state index in [1.54, 1.807) is 6.07 Å². The zero-order valence-corrected chi connectivity index (χ0v) is 11.7. The van der Waals surface area contributed by atoms with Crippen LogP contribution in [0.1, 0.15) is 43.5 Å². The molecule has 1 aromatic rings. The summed E-state index contributed by atoms with van der Waals surface area (Å²) in [5.41, 5.74) is 1.34. The van der Waals surface area contributed by atoms with Crippen LogP contribution >= 0.6 is 0 Å². The molecule has 19 heavy (non-hydrogen) atoms. The summed E-state index contributed by atoms with van der Waals surface area (Å²) >= 11 is 0. The third-order valence-corrected chi connectivity index (χ3v) is 4.17. The summed E-state index contributed by atoms with van der Waals surface area (Å²) in [5.74, 6) is 1.12. The molecule has 0 aromatic heterocycles. The average molecular weight is 263 g/mol. The smallest absolute Gasteiger partial charge is 0.152 e. The van der Waals surface area contributed by atoms with Gasteiger partial charge in [0.15, 0.2) is 6.29 Å². The lowest BCUT2D eigenvalue weighted by molar-refractivity contribution is 0.112. The van der Waals surface area contributed by atoms with E-state index in [1.165, 1.54) is 18.6 Å². The van der Waals surface area contributed by atoms with Gasteiger partial charge in [0.05, 0.1) is 0 Å². The molecule has 2 nitrogen and oxygen atoms in total. The number of anilines is 1. The van der Waals surface area contributed by atoms with E-state index in [-0.39, 0.29) is 5.82 Å². The van der Waals surface area contributed by atoms with Gasteiger partial charge in [-0.05, 0) is 49.3 Å². The Labute approximate surface area is 114 Å². The Morgan fingerprint density at radius 1 is 1.32 bits per heavy atom. The fourth-order valence-corrected chi connectivity index (χ4v) is 2.94. The van der Waals surface area contributed by atoms with Gasteiger partial charge in [-0.3, -0.25) is 4.79 Å². The molecule has 104 valence electrons. The van der Waals surface area contributed by atoms with E-state index in [0.717, 1.165) is 43.8 Å². The molecule has 1 aliphatic rings. The Morgan fingerprint density at radius 3 is 2.79 bits per heavy atom. The van der Waals surface area contributed by atoms with Gasteiger partial charge in [-0.15, -0.1) is 0 Å². The molecular weight excluding hydrogens is 241 g/mol. The Kier molecular flexibility index (Phi) is 4.56. The fraction of sp³-hybridized carbons (Fsp3) is 0.562. The third-order valence-electron chi connectivity index (χ3n) is 4.17. The van der Waals surface area contributed by atoms with Gasteiger partial charge >= 0.3 is 0 Å². The van der Waals surface area contributed by atoms with Crippen molar-refractivity contribution in [1.82, 2.24) is 0 Å². The van der Waals surface area contributed by atoms with E-state index in [4.69, 9.17) is 0 Å². The first kappa shape index (κ1) is 14.0. The second kappa shape index (κ2) is 6.18. The van der Waals surface area contributed by atoms with Crippen molar-refractivity contribution in [3.63, 3.8) is 0 Å². The van der Waals surface area contributed by atoms with Crippen LogP contribution < -0.4 is 4.90 Å². The number of hydrogen-bond donors (Lipinski definition) is 0. The Bertz CT molecular complexity index is 444. The van der Waals surface area contributed by atoms with Gasteiger partial charge in [-0.2, -0.15) is 0 Å². The lowest BCUT2D eigenvalue weighted by atomic mass is 9.89. The van der Waals surface area contributed by atoms with E-state index in [0.29, 0.717) is 11.5 Å². The van der Waals surface area contributed by atoms with Crippen LogP contribution in [0.4, 0.5) is 10.1 Å². The number of rotatable bonds is 3. The summed E-state index contributed by atoms with van der Waals surface area (Å²) < 4.78 is 13.2. The molecule has 1 aromatic carbocycles. The molecule has 2 rings (SSSR count). The zero-order valence-electron chi connectivity index (χ0n) is 11.7. The summed E-state index contributed by atoms with van der Waals surface area (Å²) in [6.07, 6.45) is 4.28. The minimum absolute atomic E-state index is 0.347. The van der Waals surface area contributed by atoms with E-state index in [1.807, 2.05) is 0 Å². The molecule has 1 unspecified atom stereocenters. The first-order valence-corrected chi connectivity index (χ1v) is 7.11. The number of halogens is 1. The zero-order chi connectivity index (χ0) is 13.8. The number of aldehydes is 1. The third kappa shape index (κ3) is 3.34. The highest BCUT2D eigenvalue weighted by Gasteiger charge is 2.21. The Hall–Kier alpha value is -1.38. The summed E-state index contributed by atoms with van der Waals surface area (Å²) in [7, 11) is 0. The highest BCUT2D eigenvalue weighted by molar-refractivity contribution is 5.84. The van der Waals surface area contributed by atoms with E-state index in [2.05, 4.69) is 18.7 Å². The van der Waals surface area contributed by atoms with Crippen molar-refractivity contribution >= 4 is 12.0 Å². The van der Waals surface area contributed by atoms with Gasteiger partial charge in [-0.25, -0.2) is 4.39 Å². The van der Waals surface area contributed by atoms with E-state index in [9.17, 15) is 9.18 Å². The van der Waals surface area contributed by atoms with Crippen LogP contribution in [0.5, 0.6) is 0 Å². The summed E-state index contributed by atoms with van der Waals surface area (Å²) in [5, 5.41) is 0. The van der Waals surface area contributed by atoms with Crippen molar-refractivity contribution in [2.24, 2.45) is 11.8 Å². The number of benzene rings is 1. The lowest BCUT2D eigenvalue weighted by Gasteiger charge is -2.24. The van der Waals surface area contributed by atoms with Crippen molar-refractivity contribution in [3.8, 4) is 0 Å². The average Bonchev–Trinajstić information content (AvgIpc) is 2.64. The Balaban J connectivity index is 2.16. The molecule has 1 heterocycles. The molecule has 1 fully saturated rings. The second-order valence-corrected chi connectivity index (χ2v) is 5.74. The molecule has 0 spiro atoms. The number of carbonyl (C=O) groups is 1. The van der Waals surface area contributed by atoms with Crippen LogP contribution in [0, 0.1) is 17.7 Å². The van der Waals surface area contributed by atoms with Crippen LogP contribution in [0.2, 0.25) is 0 Å². The highest BCUT2D eigenvalue weighted by Crippen LogP contribution is 2.28. The maximum Gasteiger partial charge on any atom is 0.152 e. The molecule has 0 radical (unpaired) electrons. The normalized spacial score (nSPS) is 20.4. The minimum atomic E-state index is -0.347. The molecular formula is C16H22FNO. The molecule has 0 saturated carbocycles. The summed E-state index contributed by atoms with van der Waals surface area (Å²) in [6.45, 7) is 6.45. The molecule has 0 aliphatic carbocycles. The second-order valence-electron chi connectivity index (χ2n) is 5.74. The lowest BCUT2D eigenvalue weighted by Crippen LogP contribution is -2.25. The van der Waals surface area contributed by atoms with Gasteiger partial charge in [0.25, 0.3) is 0 Å². The van der Waals surface area contributed by atoms with E-state index >= 15 is 0 Å². The van der Waals surface area contributed by atoms with Gasteiger partial charge in [0.2, 0.25) is 0 Å². The standard InChI is InChI=1S/C16H22FNO/c1-12(2)13-4-3-8-18(9-7-13)16-6-5-15(17)10-14(16)11-19/h5-6,10-13H,3-4,7-9H2,1-2H3. The minimum Gasteiger partial charge on any atom is -0.371 e. The van der Waals surface area contributed by atoms with Crippen molar-refractivity contribution < 1.29 is 9.18 Å². The number of hydrogen-bond acceptors (Lipinski definition) is 2. The van der Waals surface area contributed by atoms with Crippen molar-refractivity contribution in [3.05, 3.63) is 29.6 Å². The predicted octanol–water partition coefficient (Wildman–Crippen LogP) is 3.90. The van der Waals surface area contributed by atoms with Crippen LogP contribution in [-0.4, -0.2) is 19.4 Å². The van der Waals surface area contributed by atoms with Gasteiger partial charge in [-0.1, -0.05) is 13.8 Å². The molecule has 1 aliphatic heterocycles. The monoisotopic (exact) mass is 263 g/mol. The number of nitrogens with zero attached hydrogens (tertiary/aromatic N) is 1. The van der Waals surface area contributed by atoms with Crippen molar-refractivity contribution in [2.75, 3.05) is 18.0 Å². The van der Waals surface area contributed by atoms with Crippen molar-refractivity contribution in [2.45, 2.75) is 33.1 Å². The first-order valence-electron chi connectivity index (χ1n) is 7.11. The van der Waals surface area contributed by atoms with Crippen LogP contribution in [0.15, 0.2) is 18.2 Å². The van der Waals surface area contributed by atoms with E-state index < -0.39 is 0 Å². The molecule has 0 amide bonds. The van der Waals surface area contributed by atoms with Gasteiger partial charge < -0.3 is 4.90 Å². The van der Waals surface area contributed by atoms with Crippen LogP contribution in [-0.2, 0) is 0 Å². The quantitative estimate of drug-likeness (QED) is 0.771. The van der Waals surface area contributed by atoms with Gasteiger partial charge in [0.1, 0.15) is 5.82 Å². The fourth-order valence-electron chi connectivity index (χ4n) is 2.94. The predicted molar refractivity (Wildman–Crippen MR) is 76.2 cm³/mol. The maximum absolute atomic E-state index is 13.2. The van der Waals surface area contributed by atoms with Crippen LogP contribution in [0.3, 0.4) is 0 Å². The molecule has 0 N–H and O–H groups in total. The van der Waals surface area contributed by atoms with Gasteiger partial charge in [0, 0.05) is 24.3 Å². The highest BCUT2D eigenvalue weighted by atomic mass is 19.1. The summed E-state index contributed by atoms with van der Waals surface area (Å²) in [6, 6.07) is 4.50. The maximum atomic E-state index is 13.2. The van der Waals surface area contributed by atoms with Crippen LogP contribution in [0.25, 0.3) is 0 Å². The SMILES string of the molecule is CC(C)C1CCCN(c2ccc(F)cc2C=O)CC1. The first-order chi connectivity index (χ1) is 9.11. The number of carbonyl (C=O) groups excluding carboxylic acids is 1. The summed E-state index contributed by atoms with van der Waals surface area (Å²) in [4.78, 5) is 13.3. The Morgan fingerprint density at radius 2 is 2.11 bits per heavy atom. The molecule has 1 atom stereocenters. The molecule has 3 heteroatoms. The topological polar surface area (TPSA) is 20.3 Å². The molecule has 0 bridgehead atoms. The van der Waals surface area contributed by atoms with Crippen molar-refractivity contribution in [1.29, 1.82) is 0 Å². The largest absolute Gasteiger partial charge is 0.371 e.